The van der Waals surface area contributed by atoms with Crippen molar-refractivity contribution in [3.8, 4) is 0 Å². The average molecular weight is 416 g/mol. The fourth-order valence-corrected chi connectivity index (χ4v) is 4.16. The van der Waals surface area contributed by atoms with Gasteiger partial charge in [-0.2, -0.15) is 0 Å². The van der Waals surface area contributed by atoms with Crippen molar-refractivity contribution in [2.45, 2.75) is 16.8 Å². The van der Waals surface area contributed by atoms with Gasteiger partial charge in [-0.25, -0.2) is 4.79 Å². The summed E-state index contributed by atoms with van der Waals surface area (Å²) in [5.41, 5.74) is 6.17. The van der Waals surface area contributed by atoms with Gasteiger partial charge in [0.2, 0.25) is 0 Å². The molecule has 23 heavy (non-hydrogen) atoms. The number of carboxylic acids is 1. The molecule has 2 aromatic rings. The summed E-state index contributed by atoms with van der Waals surface area (Å²) < 4.78 is 0.198. The first kappa shape index (κ1) is 16.0. The van der Waals surface area contributed by atoms with Gasteiger partial charge in [-0.15, -0.1) is 0 Å². The highest BCUT2D eigenvalue weighted by molar-refractivity contribution is 14.1. The van der Waals surface area contributed by atoms with Gasteiger partial charge in [0, 0.05) is 6.08 Å². The van der Waals surface area contributed by atoms with E-state index < -0.39 is 5.97 Å². The van der Waals surface area contributed by atoms with E-state index in [1.807, 2.05) is 18.2 Å². The lowest BCUT2D eigenvalue weighted by molar-refractivity contribution is -0.131. The summed E-state index contributed by atoms with van der Waals surface area (Å²) in [4.78, 5) is 10.9. The van der Waals surface area contributed by atoms with Crippen molar-refractivity contribution in [1.29, 1.82) is 0 Å². The molecule has 1 aliphatic carbocycles. The minimum Gasteiger partial charge on any atom is -0.478 e. The SMILES string of the molecule is O=C(O)C=CC1=C(C(I)c2ccccc2)c2ccccc2CC1. The van der Waals surface area contributed by atoms with Crippen molar-refractivity contribution in [1.82, 2.24) is 0 Å². The van der Waals surface area contributed by atoms with Crippen molar-refractivity contribution in [2.24, 2.45) is 0 Å². The van der Waals surface area contributed by atoms with E-state index in [-0.39, 0.29) is 3.92 Å². The van der Waals surface area contributed by atoms with Crippen LogP contribution in [0.15, 0.2) is 72.3 Å². The fraction of sp³-hybridized carbons (Fsp3) is 0.150. The summed E-state index contributed by atoms with van der Waals surface area (Å²) >= 11 is 2.46. The Bertz CT molecular complexity index is 775. The first-order valence-corrected chi connectivity index (χ1v) is 8.82. The van der Waals surface area contributed by atoms with E-state index in [2.05, 4.69) is 59.0 Å². The quantitative estimate of drug-likeness (QED) is 0.423. The zero-order valence-corrected chi connectivity index (χ0v) is 14.7. The van der Waals surface area contributed by atoms with Crippen LogP contribution in [0.3, 0.4) is 0 Å². The van der Waals surface area contributed by atoms with Crippen LogP contribution in [0, 0.1) is 0 Å². The van der Waals surface area contributed by atoms with Crippen molar-refractivity contribution in [3.05, 3.63) is 89.0 Å². The first-order chi connectivity index (χ1) is 11.2. The summed E-state index contributed by atoms with van der Waals surface area (Å²) in [6.45, 7) is 0. The van der Waals surface area contributed by atoms with E-state index in [9.17, 15) is 4.79 Å². The maximum absolute atomic E-state index is 10.9. The van der Waals surface area contributed by atoms with Gasteiger partial charge in [0.15, 0.2) is 0 Å². The second kappa shape index (κ2) is 7.13. The van der Waals surface area contributed by atoms with Crippen molar-refractivity contribution < 1.29 is 9.90 Å². The highest BCUT2D eigenvalue weighted by Crippen LogP contribution is 2.44. The molecule has 0 amide bonds. The molecule has 1 unspecified atom stereocenters. The summed E-state index contributed by atoms with van der Waals surface area (Å²) in [7, 11) is 0. The Kier molecular flexibility index (Phi) is 4.96. The van der Waals surface area contributed by atoms with E-state index in [0.29, 0.717) is 0 Å². The topological polar surface area (TPSA) is 37.3 Å². The first-order valence-electron chi connectivity index (χ1n) is 7.58. The number of benzene rings is 2. The van der Waals surface area contributed by atoms with Crippen LogP contribution in [-0.4, -0.2) is 11.1 Å². The van der Waals surface area contributed by atoms with Crippen LogP contribution in [-0.2, 0) is 11.2 Å². The van der Waals surface area contributed by atoms with E-state index in [1.165, 1.54) is 28.3 Å². The van der Waals surface area contributed by atoms with E-state index >= 15 is 0 Å². The standard InChI is InChI=1S/C20H17IO2/c21-20(16-7-2-1-3-8-16)19-15(12-13-18(22)23)11-10-14-6-4-5-9-17(14)19/h1-9,12-13,20H,10-11H2,(H,22,23). The van der Waals surface area contributed by atoms with Gasteiger partial charge in [-0.3, -0.25) is 0 Å². The Labute approximate surface area is 149 Å². The highest BCUT2D eigenvalue weighted by Gasteiger charge is 2.23. The van der Waals surface area contributed by atoms with Crippen LogP contribution in [0.25, 0.3) is 5.57 Å². The highest BCUT2D eigenvalue weighted by atomic mass is 127. The van der Waals surface area contributed by atoms with Crippen molar-refractivity contribution >= 4 is 34.1 Å². The van der Waals surface area contributed by atoms with Gasteiger partial charge in [0.05, 0.1) is 3.92 Å². The number of allylic oxidation sites excluding steroid dienone is 3. The molecule has 0 radical (unpaired) electrons. The molecule has 1 aliphatic rings. The molecule has 0 bridgehead atoms. The Hall–Kier alpha value is -1.88. The molecule has 0 spiro atoms. The molecule has 0 aliphatic heterocycles. The Balaban J connectivity index is 2.13. The van der Waals surface area contributed by atoms with Gasteiger partial charge in [-0.05, 0) is 40.7 Å². The molecule has 0 fully saturated rings. The minimum atomic E-state index is -0.902. The van der Waals surface area contributed by atoms with Crippen LogP contribution in [0.5, 0.6) is 0 Å². The molecule has 0 aromatic heterocycles. The smallest absolute Gasteiger partial charge is 0.328 e. The molecule has 2 nitrogen and oxygen atoms in total. The molecule has 0 saturated heterocycles. The molecule has 1 atom stereocenters. The number of hydrogen-bond donors (Lipinski definition) is 1. The van der Waals surface area contributed by atoms with Gasteiger partial charge in [0.25, 0.3) is 0 Å². The lowest BCUT2D eigenvalue weighted by atomic mass is 9.82. The molecule has 3 heteroatoms. The molecule has 3 rings (SSSR count). The molecule has 116 valence electrons. The maximum atomic E-state index is 10.9. The summed E-state index contributed by atoms with van der Waals surface area (Å²) in [5.74, 6) is -0.902. The van der Waals surface area contributed by atoms with Crippen LogP contribution < -0.4 is 0 Å². The second-order valence-electron chi connectivity index (χ2n) is 5.54. The van der Waals surface area contributed by atoms with E-state index in [1.54, 1.807) is 6.08 Å². The second-order valence-corrected chi connectivity index (χ2v) is 6.79. The van der Waals surface area contributed by atoms with Crippen molar-refractivity contribution in [3.63, 3.8) is 0 Å². The number of fused-ring (bicyclic) bond motifs is 1. The van der Waals surface area contributed by atoms with Gasteiger partial charge < -0.3 is 5.11 Å². The maximum Gasteiger partial charge on any atom is 0.328 e. The molecular formula is C20H17IO2. The molecular weight excluding hydrogens is 399 g/mol. The predicted octanol–water partition coefficient (Wildman–Crippen LogP) is 5.20. The minimum absolute atomic E-state index is 0.198. The number of carboxylic acid groups (broad SMARTS) is 1. The average Bonchev–Trinajstić information content (AvgIpc) is 2.59. The summed E-state index contributed by atoms with van der Waals surface area (Å²) in [6.07, 6.45) is 4.85. The zero-order valence-electron chi connectivity index (χ0n) is 12.6. The number of carbonyl (C=O) groups is 1. The third-order valence-electron chi connectivity index (χ3n) is 4.09. The normalized spacial score (nSPS) is 15.5. The van der Waals surface area contributed by atoms with Gasteiger partial charge in [0.1, 0.15) is 0 Å². The monoisotopic (exact) mass is 416 g/mol. The third-order valence-corrected chi connectivity index (χ3v) is 5.43. The molecule has 2 aromatic carbocycles. The fourth-order valence-electron chi connectivity index (χ4n) is 3.01. The van der Waals surface area contributed by atoms with E-state index in [0.717, 1.165) is 18.4 Å². The third kappa shape index (κ3) is 3.55. The van der Waals surface area contributed by atoms with Gasteiger partial charge >= 0.3 is 5.97 Å². The number of halogens is 1. The molecule has 1 N–H and O–H groups in total. The van der Waals surface area contributed by atoms with E-state index in [4.69, 9.17) is 5.11 Å². The van der Waals surface area contributed by atoms with Crippen LogP contribution in [0.2, 0.25) is 0 Å². The summed E-state index contributed by atoms with van der Waals surface area (Å²) in [6, 6.07) is 18.8. The molecule has 0 heterocycles. The number of aliphatic carboxylic acids is 1. The Morgan fingerprint density at radius 1 is 1.04 bits per heavy atom. The lowest BCUT2D eigenvalue weighted by Crippen LogP contribution is -2.08. The molecule has 0 saturated carbocycles. The van der Waals surface area contributed by atoms with Gasteiger partial charge in [-0.1, -0.05) is 83.3 Å². The van der Waals surface area contributed by atoms with Crippen LogP contribution in [0.1, 0.15) is 27.0 Å². The summed E-state index contributed by atoms with van der Waals surface area (Å²) in [5, 5.41) is 8.97. The largest absolute Gasteiger partial charge is 0.478 e. The Morgan fingerprint density at radius 3 is 2.48 bits per heavy atom. The zero-order chi connectivity index (χ0) is 16.2. The van der Waals surface area contributed by atoms with Crippen LogP contribution >= 0.6 is 22.6 Å². The number of aryl methyl sites for hydroxylation is 1. The lowest BCUT2D eigenvalue weighted by Gasteiger charge is -2.26. The number of alkyl halides is 1. The van der Waals surface area contributed by atoms with Crippen molar-refractivity contribution in [2.75, 3.05) is 0 Å². The number of rotatable bonds is 4. The number of hydrogen-bond acceptors (Lipinski definition) is 1. The Morgan fingerprint density at radius 2 is 1.74 bits per heavy atom. The van der Waals surface area contributed by atoms with Crippen LogP contribution in [0.4, 0.5) is 0 Å². The predicted molar refractivity (Wildman–Crippen MR) is 102 cm³/mol.